The molecule has 1 amide bonds. The zero-order chi connectivity index (χ0) is 10.1. The Balaban J connectivity index is 3.43. The molecular weight excluding hydrogens is 186 g/mol. The Labute approximate surface area is 85.3 Å². The van der Waals surface area contributed by atoms with Crippen molar-refractivity contribution in [2.75, 3.05) is 0 Å². The molecule has 0 heterocycles. The Morgan fingerprint density at radius 1 is 1.38 bits per heavy atom. The van der Waals surface area contributed by atoms with Crippen molar-refractivity contribution >= 4 is 17.5 Å². The normalized spacial score (nSPS) is 11.5. The number of amides is 1. The molecule has 1 N–H and O–H groups in total. The first-order valence-corrected chi connectivity index (χ1v) is 5.16. The topological polar surface area (TPSA) is 29.1 Å². The third-order valence-corrected chi connectivity index (χ3v) is 2.00. The molecule has 0 aromatic carbocycles. The van der Waals surface area contributed by atoms with Gasteiger partial charge in [-0.3, -0.25) is 4.79 Å². The fourth-order valence-electron chi connectivity index (χ4n) is 0.973. The number of halogens is 1. The zero-order valence-electron chi connectivity index (χ0n) is 8.40. The van der Waals surface area contributed by atoms with Gasteiger partial charge in [0.15, 0.2) is 0 Å². The molecule has 0 aromatic heterocycles. The summed E-state index contributed by atoms with van der Waals surface area (Å²) in [6.45, 7) is 3.65. The standard InChI is InChI=1S/C10H18ClNO/c1-3-4-5-6-7-10(11)8-12-9(2)13/h8H,3-7H2,1-2H3,(H,12,13). The maximum Gasteiger partial charge on any atom is 0.220 e. The molecule has 76 valence electrons. The van der Waals surface area contributed by atoms with Crippen molar-refractivity contribution in [2.45, 2.75) is 46.0 Å². The van der Waals surface area contributed by atoms with Crippen molar-refractivity contribution in [3.8, 4) is 0 Å². The molecule has 0 fully saturated rings. The molecule has 0 atom stereocenters. The summed E-state index contributed by atoms with van der Waals surface area (Å²) in [6.07, 6.45) is 7.23. The molecule has 0 unspecified atom stereocenters. The van der Waals surface area contributed by atoms with Crippen molar-refractivity contribution in [1.29, 1.82) is 0 Å². The van der Waals surface area contributed by atoms with Crippen LogP contribution in [0.1, 0.15) is 46.0 Å². The minimum atomic E-state index is -0.0771. The van der Waals surface area contributed by atoms with Gasteiger partial charge in [0, 0.05) is 18.2 Å². The third kappa shape index (κ3) is 9.41. The molecule has 0 aliphatic rings. The first-order valence-electron chi connectivity index (χ1n) is 4.78. The number of carbonyl (C=O) groups is 1. The average Bonchev–Trinajstić information content (AvgIpc) is 2.09. The molecular formula is C10H18ClNO. The fourth-order valence-corrected chi connectivity index (χ4v) is 1.16. The summed E-state index contributed by atoms with van der Waals surface area (Å²) in [5.41, 5.74) is 0. The number of nitrogens with one attached hydrogen (secondary N) is 1. The lowest BCUT2D eigenvalue weighted by Gasteiger charge is -1.99. The van der Waals surface area contributed by atoms with E-state index in [1.807, 2.05) is 0 Å². The van der Waals surface area contributed by atoms with Gasteiger partial charge in [-0.1, -0.05) is 37.8 Å². The minimum Gasteiger partial charge on any atom is -0.332 e. The number of carbonyl (C=O) groups excluding carboxylic acids is 1. The lowest BCUT2D eigenvalue weighted by Crippen LogP contribution is -2.11. The summed E-state index contributed by atoms with van der Waals surface area (Å²) in [5, 5.41) is 3.28. The highest BCUT2D eigenvalue weighted by molar-refractivity contribution is 6.29. The summed E-state index contributed by atoms with van der Waals surface area (Å²) in [7, 11) is 0. The SMILES string of the molecule is CCCCCCC(Cl)=CNC(C)=O. The van der Waals surface area contributed by atoms with Gasteiger partial charge in [-0.2, -0.15) is 0 Å². The Kier molecular flexibility index (Phi) is 7.80. The molecule has 0 aliphatic heterocycles. The second-order valence-corrected chi connectivity index (χ2v) is 3.59. The van der Waals surface area contributed by atoms with Crippen LogP contribution in [-0.4, -0.2) is 5.91 Å². The maximum atomic E-state index is 10.5. The Morgan fingerprint density at radius 2 is 2.08 bits per heavy atom. The number of hydrogen-bond acceptors (Lipinski definition) is 1. The predicted molar refractivity (Wildman–Crippen MR) is 56.5 cm³/mol. The van der Waals surface area contributed by atoms with Crippen molar-refractivity contribution in [2.24, 2.45) is 0 Å². The van der Waals surface area contributed by atoms with E-state index in [-0.39, 0.29) is 5.91 Å². The first kappa shape index (κ1) is 12.5. The predicted octanol–water partition coefficient (Wildman–Crippen LogP) is 3.17. The molecule has 0 saturated heterocycles. The van der Waals surface area contributed by atoms with E-state index < -0.39 is 0 Å². The van der Waals surface area contributed by atoms with Crippen LogP contribution in [0.25, 0.3) is 0 Å². The lowest BCUT2D eigenvalue weighted by molar-refractivity contribution is -0.118. The summed E-state index contributed by atoms with van der Waals surface area (Å²) in [4.78, 5) is 10.5. The minimum absolute atomic E-state index is 0.0771. The van der Waals surface area contributed by atoms with Gasteiger partial charge in [-0.15, -0.1) is 0 Å². The van der Waals surface area contributed by atoms with Crippen LogP contribution < -0.4 is 5.32 Å². The van der Waals surface area contributed by atoms with E-state index in [0.29, 0.717) is 0 Å². The summed E-state index contributed by atoms with van der Waals surface area (Å²) >= 11 is 5.85. The molecule has 3 heteroatoms. The highest BCUT2D eigenvalue weighted by atomic mass is 35.5. The van der Waals surface area contributed by atoms with Gasteiger partial charge in [-0.05, 0) is 12.8 Å². The molecule has 0 spiro atoms. The van der Waals surface area contributed by atoms with Gasteiger partial charge in [0.1, 0.15) is 0 Å². The van der Waals surface area contributed by atoms with E-state index in [1.165, 1.54) is 26.2 Å². The van der Waals surface area contributed by atoms with Gasteiger partial charge in [0.05, 0.1) is 0 Å². The second-order valence-electron chi connectivity index (χ2n) is 3.10. The number of allylic oxidation sites excluding steroid dienone is 1. The quantitative estimate of drug-likeness (QED) is 0.661. The van der Waals surface area contributed by atoms with Gasteiger partial charge >= 0.3 is 0 Å². The molecule has 0 radical (unpaired) electrons. The van der Waals surface area contributed by atoms with Crippen LogP contribution >= 0.6 is 11.6 Å². The van der Waals surface area contributed by atoms with Crippen LogP contribution in [0.3, 0.4) is 0 Å². The molecule has 2 nitrogen and oxygen atoms in total. The Hall–Kier alpha value is -0.500. The summed E-state index contributed by atoms with van der Waals surface area (Å²) in [6, 6.07) is 0. The molecule has 0 rings (SSSR count). The summed E-state index contributed by atoms with van der Waals surface area (Å²) in [5.74, 6) is -0.0771. The van der Waals surface area contributed by atoms with Crippen molar-refractivity contribution in [3.05, 3.63) is 11.2 Å². The van der Waals surface area contributed by atoms with Crippen LogP contribution in [0, 0.1) is 0 Å². The van der Waals surface area contributed by atoms with E-state index in [2.05, 4.69) is 12.2 Å². The van der Waals surface area contributed by atoms with Crippen molar-refractivity contribution in [3.63, 3.8) is 0 Å². The summed E-state index contributed by atoms with van der Waals surface area (Å²) < 4.78 is 0. The van der Waals surface area contributed by atoms with Crippen LogP contribution in [0.5, 0.6) is 0 Å². The van der Waals surface area contributed by atoms with Crippen molar-refractivity contribution in [1.82, 2.24) is 5.32 Å². The number of unbranched alkanes of at least 4 members (excludes halogenated alkanes) is 3. The van der Waals surface area contributed by atoms with E-state index in [1.54, 1.807) is 6.20 Å². The Bertz CT molecular complexity index is 178. The Morgan fingerprint density at radius 3 is 2.62 bits per heavy atom. The fraction of sp³-hybridized carbons (Fsp3) is 0.700. The molecule has 0 aliphatic carbocycles. The van der Waals surface area contributed by atoms with Gasteiger partial charge in [-0.25, -0.2) is 0 Å². The van der Waals surface area contributed by atoms with Crippen molar-refractivity contribution < 1.29 is 4.79 Å². The third-order valence-electron chi connectivity index (χ3n) is 1.70. The van der Waals surface area contributed by atoms with Crippen LogP contribution in [0.2, 0.25) is 0 Å². The molecule has 0 saturated carbocycles. The van der Waals surface area contributed by atoms with Crippen LogP contribution in [0.15, 0.2) is 11.2 Å². The maximum absolute atomic E-state index is 10.5. The number of rotatable bonds is 6. The van der Waals surface area contributed by atoms with Crippen LogP contribution in [-0.2, 0) is 4.79 Å². The monoisotopic (exact) mass is 203 g/mol. The first-order chi connectivity index (χ1) is 6.16. The second kappa shape index (κ2) is 8.11. The molecule has 13 heavy (non-hydrogen) atoms. The molecule has 0 bridgehead atoms. The van der Waals surface area contributed by atoms with Crippen LogP contribution in [0.4, 0.5) is 0 Å². The molecule has 0 aromatic rings. The van der Waals surface area contributed by atoms with Gasteiger partial charge in [0.25, 0.3) is 0 Å². The zero-order valence-corrected chi connectivity index (χ0v) is 9.16. The smallest absolute Gasteiger partial charge is 0.220 e. The highest BCUT2D eigenvalue weighted by Crippen LogP contribution is 2.12. The van der Waals surface area contributed by atoms with E-state index in [0.717, 1.165) is 17.9 Å². The highest BCUT2D eigenvalue weighted by Gasteiger charge is 1.93. The van der Waals surface area contributed by atoms with E-state index >= 15 is 0 Å². The van der Waals surface area contributed by atoms with E-state index in [9.17, 15) is 4.79 Å². The largest absolute Gasteiger partial charge is 0.332 e. The van der Waals surface area contributed by atoms with Gasteiger partial charge < -0.3 is 5.32 Å². The van der Waals surface area contributed by atoms with E-state index in [4.69, 9.17) is 11.6 Å². The number of hydrogen-bond donors (Lipinski definition) is 1. The van der Waals surface area contributed by atoms with Gasteiger partial charge in [0.2, 0.25) is 5.91 Å². The average molecular weight is 204 g/mol. The lowest BCUT2D eigenvalue weighted by atomic mass is 10.1.